The fourth-order valence-corrected chi connectivity index (χ4v) is 3.87. The first-order valence-corrected chi connectivity index (χ1v) is 9.69. The van der Waals surface area contributed by atoms with Crippen LogP contribution in [0.4, 0.5) is 0 Å². The minimum absolute atomic E-state index is 0.0398. The normalized spacial score (nSPS) is 14.1. The molecule has 1 fully saturated rings. The number of hydrogen-bond donors (Lipinski definition) is 0. The van der Waals surface area contributed by atoms with E-state index >= 15 is 0 Å². The third-order valence-corrected chi connectivity index (χ3v) is 5.44. The Morgan fingerprint density at radius 2 is 2.09 bits per heavy atom. The first-order valence-electron chi connectivity index (χ1n) is 7.58. The van der Waals surface area contributed by atoms with E-state index < -0.39 is 0 Å². The highest BCUT2D eigenvalue weighted by Gasteiger charge is 2.29. The Hall–Kier alpha value is -1.47. The molecule has 1 saturated carbocycles. The number of aryl methyl sites for hydroxylation is 2. The Kier molecular flexibility index (Phi) is 4.68. The molecule has 23 heavy (non-hydrogen) atoms. The molecule has 0 N–H and O–H groups in total. The van der Waals surface area contributed by atoms with E-state index in [-0.39, 0.29) is 5.91 Å². The number of thioether (sulfide) groups is 1. The maximum Gasteiger partial charge on any atom is 0.258 e. The van der Waals surface area contributed by atoms with Crippen molar-refractivity contribution in [3.63, 3.8) is 0 Å². The summed E-state index contributed by atoms with van der Waals surface area (Å²) in [6.45, 7) is 4.37. The number of carbonyl (C=O) groups is 1. The van der Waals surface area contributed by atoms with Gasteiger partial charge in [-0.25, -0.2) is 15.0 Å². The van der Waals surface area contributed by atoms with Crippen LogP contribution in [0.2, 0.25) is 0 Å². The second-order valence-corrected chi connectivity index (χ2v) is 7.61. The van der Waals surface area contributed by atoms with Crippen molar-refractivity contribution in [3.8, 4) is 0 Å². The summed E-state index contributed by atoms with van der Waals surface area (Å²) in [4.78, 5) is 28.2. The fourth-order valence-electron chi connectivity index (χ4n) is 2.43. The Balaban J connectivity index is 1.85. The van der Waals surface area contributed by atoms with Gasteiger partial charge in [0.1, 0.15) is 15.9 Å². The molecule has 1 aliphatic rings. The second-order valence-electron chi connectivity index (χ2n) is 5.87. The van der Waals surface area contributed by atoms with Gasteiger partial charge < -0.3 is 4.90 Å². The molecule has 0 bridgehead atoms. The van der Waals surface area contributed by atoms with Crippen molar-refractivity contribution in [3.05, 3.63) is 33.2 Å². The van der Waals surface area contributed by atoms with Crippen molar-refractivity contribution >= 4 is 29.0 Å². The molecule has 1 aliphatic carbocycles. The largest absolute Gasteiger partial charge is 0.335 e. The maximum absolute atomic E-state index is 12.9. The van der Waals surface area contributed by atoms with Crippen molar-refractivity contribution in [1.82, 2.24) is 19.9 Å². The van der Waals surface area contributed by atoms with Crippen LogP contribution in [0.1, 0.15) is 51.3 Å². The highest BCUT2D eigenvalue weighted by atomic mass is 32.2. The van der Waals surface area contributed by atoms with Gasteiger partial charge in [-0.05, 0) is 32.9 Å². The zero-order valence-corrected chi connectivity index (χ0v) is 15.4. The van der Waals surface area contributed by atoms with Crippen molar-refractivity contribution in [2.24, 2.45) is 0 Å². The van der Waals surface area contributed by atoms with Gasteiger partial charge in [0, 0.05) is 24.0 Å². The molecule has 0 spiro atoms. The summed E-state index contributed by atoms with van der Waals surface area (Å²) in [5.74, 6) is 1.34. The summed E-state index contributed by atoms with van der Waals surface area (Å²) in [6.07, 6.45) is 4.27. The third-order valence-electron chi connectivity index (χ3n) is 3.81. The fraction of sp³-hybridized carbons (Fsp3) is 0.500. The van der Waals surface area contributed by atoms with Crippen LogP contribution in [0, 0.1) is 13.8 Å². The number of hydrogen-bond acceptors (Lipinski definition) is 6. The van der Waals surface area contributed by atoms with Gasteiger partial charge in [-0.15, -0.1) is 23.1 Å². The average Bonchev–Trinajstić information content (AvgIpc) is 3.29. The van der Waals surface area contributed by atoms with Gasteiger partial charge >= 0.3 is 0 Å². The van der Waals surface area contributed by atoms with Gasteiger partial charge in [-0.3, -0.25) is 4.79 Å². The highest BCUT2D eigenvalue weighted by molar-refractivity contribution is 7.98. The van der Waals surface area contributed by atoms with Crippen molar-refractivity contribution < 1.29 is 4.79 Å². The first kappa shape index (κ1) is 16.4. The predicted molar refractivity (Wildman–Crippen MR) is 93.2 cm³/mol. The maximum atomic E-state index is 12.9. The van der Waals surface area contributed by atoms with Crippen LogP contribution in [-0.2, 0) is 6.54 Å². The molecule has 2 heterocycles. The van der Waals surface area contributed by atoms with Gasteiger partial charge in [0.25, 0.3) is 5.91 Å². The summed E-state index contributed by atoms with van der Waals surface area (Å²) in [7, 11) is 1.80. The van der Waals surface area contributed by atoms with Crippen LogP contribution in [0.5, 0.6) is 0 Å². The topological polar surface area (TPSA) is 59.0 Å². The smallest absolute Gasteiger partial charge is 0.258 e. The van der Waals surface area contributed by atoms with Crippen molar-refractivity contribution in [1.29, 1.82) is 0 Å². The second kappa shape index (κ2) is 6.57. The number of thiazole rings is 1. The standard InChI is InChI=1S/C16H20N4OS2/c1-9-8-23-12(17-9)7-20(3)16(21)13-10(2)18-14(11-5-6-11)19-15(13)22-4/h8,11H,5-7H2,1-4H3. The van der Waals surface area contributed by atoms with E-state index in [1.807, 2.05) is 25.5 Å². The Morgan fingerprint density at radius 3 is 2.65 bits per heavy atom. The van der Waals surface area contributed by atoms with Crippen molar-refractivity contribution in [2.45, 2.75) is 44.2 Å². The SMILES string of the molecule is CSc1nc(C2CC2)nc(C)c1C(=O)N(C)Cc1nc(C)cs1. The monoisotopic (exact) mass is 348 g/mol. The van der Waals surface area contributed by atoms with Gasteiger partial charge in [-0.2, -0.15) is 0 Å². The van der Waals surface area contributed by atoms with Gasteiger partial charge in [0.15, 0.2) is 0 Å². The van der Waals surface area contributed by atoms with E-state index in [2.05, 4.69) is 15.0 Å². The van der Waals surface area contributed by atoms with Crippen LogP contribution in [0.25, 0.3) is 0 Å². The molecule has 122 valence electrons. The summed E-state index contributed by atoms with van der Waals surface area (Å²) >= 11 is 3.09. The Morgan fingerprint density at radius 1 is 1.35 bits per heavy atom. The van der Waals surface area contributed by atoms with Crippen LogP contribution in [-0.4, -0.2) is 39.1 Å². The van der Waals surface area contributed by atoms with E-state index in [1.165, 1.54) is 11.8 Å². The van der Waals surface area contributed by atoms with Crippen LogP contribution < -0.4 is 0 Å². The first-order chi connectivity index (χ1) is 11.0. The molecular weight excluding hydrogens is 328 g/mol. The quantitative estimate of drug-likeness (QED) is 0.612. The third kappa shape index (κ3) is 3.55. The lowest BCUT2D eigenvalue weighted by Crippen LogP contribution is -2.28. The van der Waals surface area contributed by atoms with Crippen LogP contribution in [0.3, 0.4) is 0 Å². The van der Waals surface area contributed by atoms with Gasteiger partial charge in [0.2, 0.25) is 0 Å². The molecule has 5 nitrogen and oxygen atoms in total. The van der Waals surface area contributed by atoms with E-state index in [0.29, 0.717) is 18.0 Å². The minimum Gasteiger partial charge on any atom is -0.335 e. The van der Waals surface area contributed by atoms with Crippen LogP contribution in [0.15, 0.2) is 10.4 Å². The van der Waals surface area contributed by atoms with E-state index in [1.54, 1.807) is 23.3 Å². The average molecular weight is 348 g/mol. The van der Waals surface area contributed by atoms with E-state index in [4.69, 9.17) is 0 Å². The molecule has 0 radical (unpaired) electrons. The Labute approximate surface area is 144 Å². The number of rotatable bonds is 5. The van der Waals surface area contributed by atoms with E-state index in [0.717, 1.165) is 40.1 Å². The summed E-state index contributed by atoms with van der Waals surface area (Å²) < 4.78 is 0. The zero-order valence-electron chi connectivity index (χ0n) is 13.8. The molecule has 2 aromatic rings. The number of amides is 1. The highest BCUT2D eigenvalue weighted by Crippen LogP contribution is 2.39. The van der Waals surface area contributed by atoms with Gasteiger partial charge in [-0.1, -0.05) is 0 Å². The number of carbonyl (C=O) groups excluding carboxylic acids is 1. The number of nitrogens with zero attached hydrogens (tertiary/aromatic N) is 4. The van der Waals surface area contributed by atoms with Crippen molar-refractivity contribution in [2.75, 3.05) is 13.3 Å². The lowest BCUT2D eigenvalue weighted by Gasteiger charge is -2.18. The molecule has 0 unspecified atom stereocenters. The molecule has 1 amide bonds. The molecule has 3 rings (SSSR count). The molecule has 0 aliphatic heterocycles. The molecular formula is C16H20N4OS2. The molecule has 0 aromatic carbocycles. The zero-order chi connectivity index (χ0) is 16.6. The summed E-state index contributed by atoms with van der Waals surface area (Å²) in [6, 6.07) is 0. The lowest BCUT2D eigenvalue weighted by atomic mass is 10.2. The lowest BCUT2D eigenvalue weighted by molar-refractivity contribution is 0.0779. The molecule has 7 heteroatoms. The summed E-state index contributed by atoms with van der Waals surface area (Å²) in [5.41, 5.74) is 2.39. The predicted octanol–water partition coefficient (Wildman–Crippen LogP) is 3.42. The van der Waals surface area contributed by atoms with Crippen LogP contribution >= 0.6 is 23.1 Å². The minimum atomic E-state index is -0.0398. The Bertz CT molecular complexity index is 740. The molecule has 0 atom stereocenters. The number of aromatic nitrogens is 3. The van der Waals surface area contributed by atoms with E-state index in [9.17, 15) is 4.79 Å². The van der Waals surface area contributed by atoms with Gasteiger partial charge in [0.05, 0.1) is 17.8 Å². The molecule has 2 aromatic heterocycles. The summed E-state index contributed by atoms with van der Waals surface area (Å²) in [5, 5.41) is 3.73. The molecule has 0 saturated heterocycles.